The van der Waals surface area contributed by atoms with E-state index in [4.69, 9.17) is 39.5 Å². The van der Waals surface area contributed by atoms with Crippen molar-refractivity contribution in [3.05, 3.63) is 27.2 Å². The number of sulfone groups is 1. The molecule has 1 fully saturated rings. The van der Waals surface area contributed by atoms with Gasteiger partial charge in [0.15, 0.2) is 9.84 Å². The SMILES string of the molecule is O=S1(=O)CCC(NCCOc2cc(Cl)c(Cl)cc2Cl)C1. The minimum Gasteiger partial charge on any atom is -0.491 e. The molecule has 1 atom stereocenters. The minimum absolute atomic E-state index is 0.00729. The fourth-order valence-electron chi connectivity index (χ4n) is 1.99. The van der Waals surface area contributed by atoms with Crippen molar-refractivity contribution in [3.63, 3.8) is 0 Å². The normalized spacial score (nSPS) is 21.1. The van der Waals surface area contributed by atoms with Gasteiger partial charge in [-0.2, -0.15) is 0 Å². The smallest absolute Gasteiger partial charge is 0.151 e. The Labute approximate surface area is 133 Å². The molecule has 1 saturated heterocycles. The van der Waals surface area contributed by atoms with E-state index in [1.54, 1.807) is 6.07 Å². The van der Waals surface area contributed by atoms with Crippen LogP contribution < -0.4 is 10.1 Å². The van der Waals surface area contributed by atoms with Crippen LogP contribution in [0.25, 0.3) is 0 Å². The Kier molecular flexibility index (Phi) is 5.42. The molecular weight excluding hydrogens is 345 g/mol. The van der Waals surface area contributed by atoms with Crippen LogP contribution in [0.5, 0.6) is 5.75 Å². The van der Waals surface area contributed by atoms with Gasteiger partial charge in [-0.05, 0) is 12.5 Å². The van der Waals surface area contributed by atoms with E-state index in [0.29, 0.717) is 40.4 Å². The molecule has 0 radical (unpaired) electrons. The minimum atomic E-state index is -2.86. The molecule has 4 nitrogen and oxygen atoms in total. The fraction of sp³-hybridized carbons (Fsp3) is 0.500. The molecule has 0 spiro atoms. The molecule has 8 heteroatoms. The predicted octanol–water partition coefficient (Wildman–Crippen LogP) is 2.80. The van der Waals surface area contributed by atoms with Crippen LogP contribution in [-0.4, -0.2) is 39.1 Å². The Bertz CT molecular complexity index is 592. The van der Waals surface area contributed by atoms with Crippen molar-refractivity contribution in [3.8, 4) is 5.75 Å². The summed E-state index contributed by atoms with van der Waals surface area (Å²) < 4.78 is 28.1. The van der Waals surface area contributed by atoms with Gasteiger partial charge in [-0.15, -0.1) is 0 Å². The van der Waals surface area contributed by atoms with E-state index in [-0.39, 0.29) is 17.5 Å². The van der Waals surface area contributed by atoms with Crippen LogP contribution >= 0.6 is 34.8 Å². The van der Waals surface area contributed by atoms with E-state index < -0.39 is 9.84 Å². The number of rotatable bonds is 5. The van der Waals surface area contributed by atoms with Crippen LogP contribution in [0.2, 0.25) is 15.1 Å². The van der Waals surface area contributed by atoms with Crippen LogP contribution in [0.15, 0.2) is 12.1 Å². The molecule has 1 N–H and O–H groups in total. The fourth-order valence-corrected chi connectivity index (χ4v) is 4.29. The third-order valence-electron chi connectivity index (χ3n) is 3.00. The monoisotopic (exact) mass is 357 g/mol. The van der Waals surface area contributed by atoms with Crippen molar-refractivity contribution >= 4 is 44.6 Å². The highest BCUT2D eigenvalue weighted by Crippen LogP contribution is 2.33. The molecule has 1 unspecified atom stereocenters. The number of ether oxygens (including phenoxy) is 1. The summed E-state index contributed by atoms with van der Waals surface area (Å²) in [5.74, 6) is 0.909. The van der Waals surface area contributed by atoms with E-state index in [0.717, 1.165) is 0 Å². The average molecular weight is 359 g/mol. The summed E-state index contributed by atoms with van der Waals surface area (Å²) in [6.45, 7) is 0.908. The summed E-state index contributed by atoms with van der Waals surface area (Å²) in [7, 11) is -2.86. The molecule has 1 aromatic rings. The summed E-state index contributed by atoms with van der Waals surface area (Å²) >= 11 is 17.7. The van der Waals surface area contributed by atoms with Gasteiger partial charge in [-0.25, -0.2) is 8.42 Å². The number of hydrogen-bond donors (Lipinski definition) is 1. The predicted molar refractivity (Wildman–Crippen MR) is 82.0 cm³/mol. The largest absolute Gasteiger partial charge is 0.491 e. The molecule has 0 aliphatic carbocycles. The van der Waals surface area contributed by atoms with Crippen LogP contribution in [0.3, 0.4) is 0 Å². The molecule has 0 saturated carbocycles. The third-order valence-corrected chi connectivity index (χ3v) is 5.79. The highest BCUT2D eigenvalue weighted by atomic mass is 35.5. The van der Waals surface area contributed by atoms with Gasteiger partial charge in [0.1, 0.15) is 12.4 Å². The number of halogens is 3. The second-order valence-corrected chi connectivity index (χ2v) is 8.05. The van der Waals surface area contributed by atoms with E-state index in [1.807, 2.05) is 0 Å². The van der Waals surface area contributed by atoms with Crippen molar-refractivity contribution in [2.45, 2.75) is 12.5 Å². The maximum Gasteiger partial charge on any atom is 0.151 e. The van der Waals surface area contributed by atoms with Crippen LogP contribution in [-0.2, 0) is 9.84 Å². The lowest BCUT2D eigenvalue weighted by atomic mass is 10.3. The summed E-state index contributed by atoms with van der Waals surface area (Å²) in [5, 5.41) is 4.29. The summed E-state index contributed by atoms with van der Waals surface area (Å²) in [5.41, 5.74) is 0. The Morgan fingerprint density at radius 3 is 2.55 bits per heavy atom. The first-order valence-corrected chi connectivity index (χ1v) is 9.04. The first-order valence-electron chi connectivity index (χ1n) is 6.08. The molecular formula is C12H14Cl3NO3S. The van der Waals surface area contributed by atoms with Gasteiger partial charge in [0.05, 0.1) is 26.6 Å². The van der Waals surface area contributed by atoms with Gasteiger partial charge in [0, 0.05) is 18.7 Å². The topological polar surface area (TPSA) is 55.4 Å². The summed E-state index contributed by atoms with van der Waals surface area (Å²) in [6, 6.07) is 3.09. The number of nitrogens with one attached hydrogen (secondary N) is 1. The lowest BCUT2D eigenvalue weighted by Crippen LogP contribution is -2.33. The molecule has 1 aliphatic heterocycles. The van der Waals surface area contributed by atoms with E-state index in [9.17, 15) is 8.42 Å². The number of hydrogen-bond acceptors (Lipinski definition) is 4. The zero-order chi connectivity index (χ0) is 14.8. The van der Waals surface area contributed by atoms with Crippen molar-refractivity contribution in [1.82, 2.24) is 5.32 Å². The molecule has 0 aromatic heterocycles. The Balaban J connectivity index is 1.78. The van der Waals surface area contributed by atoms with Crippen LogP contribution in [0.1, 0.15) is 6.42 Å². The molecule has 20 heavy (non-hydrogen) atoms. The molecule has 0 amide bonds. The second-order valence-electron chi connectivity index (χ2n) is 4.60. The van der Waals surface area contributed by atoms with Crippen LogP contribution in [0, 0.1) is 0 Å². The lowest BCUT2D eigenvalue weighted by Gasteiger charge is -2.12. The van der Waals surface area contributed by atoms with Crippen molar-refractivity contribution in [1.29, 1.82) is 0 Å². The van der Waals surface area contributed by atoms with Crippen LogP contribution in [0.4, 0.5) is 0 Å². The first kappa shape index (κ1) is 16.2. The highest BCUT2D eigenvalue weighted by molar-refractivity contribution is 7.91. The molecule has 2 rings (SSSR count). The van der Waals surface area contributed by atoms with Crippen molar-refractivity contribution in [2.75, 3.05) is 24.7 Å². The number of benzene rings is 1. The Morgan fingerprint density at radius 2 is 1.90 bits per heavy atom. The van der Waals surface area contributed by atoms with Gasteiger partial charge >= 0.3 is 0 Å². The summed E-state index contributed by atoms with van der Waals surface area (Å²) in [4.78, 5) is 0. The van der Waals surface area contributed by atoms with Gasteiger partial charge in [0.25, 0.3) is 0 Å². The average Bonchev–Trinajstić information content (AvgIpc) is 2.70. The Hall–Kier alpha value is -0.200. The van der Waals surface area contributed by atoms with Gasteiger partial charge < -0.3 is 10.1 Å². The second kappa shape index (κ2) is 6.71. The third kappa shape index (κ3) is 4.40. The quantitative estimate of drug-likeness (QED) is 0.649. The van der Waals surface area contributed by atoms with Gasteiger partial charge in [-0.3, -0.25) is 0 Å². The van der Waals surface area contributed by atoms with Crippen molar-refractivity contribution < 1.29 is 13.2 Å². The maximum absolute atomic E-state index is 11.3. The maximum atomic E-state index is 11.3. The zero-order valence-electron chi connectivity index (χ0n) is 10.5. The lowest BCUT2D eigenvalue weighted by molar-refractivity contribution is 0.307. The molecule has 1 aliphatic rings. The standard InChI is InChI=1S/C12H14Cl3NO3S/c13-9-5-11(15)12(6-10(9)14)19-3-2-16-8-1-4-20(17,18)7-8/h5-6,8,16H,1-4,7H2. The Morgan fingerprint density at radius 1 is 1.20 bits per heavy atom. The van der Waals surface area contributed by atoms with E-state index >= 15 is 0 Å². The molecule has 0 bridgehead atoms. The first-order chi connectivity index (χ1) is 9.37. The summed E-state index contributed by atoms with van der Waals surface area (Å²) in [6.07, 6.45) is 0.649. The van der Waals surface area contributed by atoms with Gasteiger partial charge in [-0.1, -0.05) is 34.8 Å². The molecule has 112 valence electrons. The van der Waals surface area contributed by atoms with E-state index in [2.05, 4.69) is 5.32 Å². The van der Waals surface area contributed by atoms with Crippen molar-refractivity contribution in [2.24, 2.45) is 0 Å². The van der Waals surface area contributed by atoms with E-state index in [1.165, 1.54) is 6.07 Å². The highest BCUT2D eigenvalue weighted by Gasteiger charge is 2.27. The zero-order valence-corrected chi connectivity index (χ0v) is 13.6. The van der Waals surface area contributed by atoms with Gasteiger partial charge in [0.2, 0.25) is 0 Å². The molecule has 1 heterocycles. The molecule has 1 aromatic carbocycles.